The number of aryl methyl sites for hydroxylation is 3. The molecule has 1 heteroatoms. The van der Waals surface area contributed by atoms with E-state index in [4.69, 9.17) is 0 Å². The van der Waals surface area contributed by atoms with Gasteiger partial charge in [0.05, 0.1) is 0 Å². The lowest BCUT2D eigenvalue weighted by Crippen LogP contribution is -1.90. The lowest BCUT2D eigenvalue weighted by Gasteiger charge is -2.12. The summed E-state index contributed by atoms with van der Waals surface area (Å²) in [5.41, 5.74) is 5.73. The predicted octanol–water partition coefficient (Wildman–Crippen LogP) is 3.98. The molecular formula is C15H16O. The molecule has 2 aromatic carbocycles. The summed E-state index contributed by atoms with van der Waals surface area (Å²) in [6, 6.07) is 11.8. The predicted molar refractivity (Wildman–Crippen MR) is 67.8 cm³/mol. The van der Waals surface area contributed by atoms with Gasteiger partial charge in [-0.15, -0.1) is 0 Å². The Balaban J connectivity index is 2.70. The number of hydrogen-bond donors (Lipinski definition) is 1. The summed E-state index contributed by atoms with van der Waals surface area (Å²) >= 11 is 0. The van der Waals surface area contributed by atoms with E-state index < -0.39 is 0 Å². The number of rotatable bonds is 1. The van der Waals surface area contributed by atoms with Gasteiger partial charge in [0.2, 0.25) is 0 Å². The molecule has 2 aromatic rings. The van der Waals surface area contributed by atoms with Gasteiger partial charge in [-0.1, -0.05) is 35.9 Å². The minimum Gasteiger partial charge on any atom is -0.507 e. The van der Waals surface area contributed by atoms with Crippen molar-refractivity contribution < 1.29 is 5.11 Å². The van der Waals surface area contributed by atoms with Crippen molar-refractivity contribution in [3.8, 4) is 16.9 Å². The molecule has 0 aliphatic heterocycles. The molecular weight excluding hydrogens is 196 g/mol. The summed E-state index contributed by atoms with van der Waals surface area (Å²) in [6.07, 6.45) is 0. The normalized spacial score (nSPS) is 10.4. The van der Waals surface area contributed by atoms with Gasteiger partial charge < -0.3 is 5.11 Å². The van der Waals surface area contributed by atoms with E-state index in [0.29, 0.717) is 5.75 Å². The van der Waals surface area contributed by atoms with Crippen molar-refractivity contribution in [2.75, 3.05) is 0 Å². The van der Waals surface area contributed by atoms with E-state index in [2.05, 4.69) is 32.9 Å². The van der Waals surface area contributed by atoms with Gasteiger partial charge in [0.1, 0.15) is 5.75 Å². The summed E-state index contributed by atoms with van der Waals surface area (Å²) in [4.78, 5) is 0. The average Bonchev–Trinajstić information content (AvgIpc) is 2.19. The van der Waals surface area contributed by atoms with E-state index >= 15 is 0 Å². The minimum atomic E-state index is 0.345. The first-order chi connectivity index (χ1) is 7.59. The molecule has 0 fully saturated rings. The van der Waals surface area contributed by atoms with Crippen LogP contribution in [0.1, 0.15) is 16.7 Å². The van der Waals surface area contributed by atoms with Crippen molar-refractivity contribution in [2.24, 2.45) is 0 Å². The molecule has 0 saturated heterocycles. The van der Waals surface area contributed by atoms with E-state index in [-0.39, 0.29) is 0 Å². The molecule has 82 valence electrons. The summed E-state index contributed by atoms with van der Waals surface area (Å²) in [5, 5.41) is 9.88. The van der Waals surface area contributed by atoms with Crippen LogP contribution < -0.4 is 0 Å². The maximum absolute atomic E-state index is 9.88. The SMILES string of the molecule is Cc1cc(C)c(-c2ccccc2O)c(C)c1. The second kappa shape index (κ2) is 4.01. The van der Waals surface area contributed by atoms with Gasteiger partial charge in [-0.3, -0.25) is 0 Å². The highest BCUT2D eigenvalue weighted by molar-refractivity contribution is 5.76. The van der Waals surface area contributed by atoms with Crippen molar-refractivity contribution in [3.63, 3.8) is 0 Å². The molecule has 0 atom stereocenters. The van der Waals surface area contributed by atoms with Crippen LogP contribution in [0.25, 0.3) is 11.1 Å². The van der Waals surface area contributed by atoms with Gasteiger partial charge in [-0.25, -0.2) is 0 Å². The van der Waals surface area contributed by atoms with Gasteiger partial charge in [0.25, 0.3) is 0 Å². The van der Waals surface area contributed by atoms with Crippen molar-refractivity contribution >= 4 is 0 Å². The van der Waals surface area contributed by atoms with Crippen LogP contribution in [0.3, 0.4) is 0 Å². The summed E-state index contributed by atoms with van der Waals surface area (Å²) in [5.74, 6) is 0.345. The maximum Gasteiger partial charge on any atom is 0.123 e. The fourth-order valence-corrected chi connectivity index (χ4v) is 2.29. The fraction of sp³-hybridized carbons (Fsp3) is 0.200. The molecule has 0 heterocycles. The Hall–Kier alpha value is -1.76. The molecule has 1 N–H and O–H groups in total. The summed E-state index contributed by atoms with van der Waals surface area (Å²) in [6.45, 7) is 6.26. The molecule has 0 aromatic heterocycles. The molecule has 0 spiro atoms. The minimum absolute atomic E-state index is 0.345. The maximum atomic E-state index is 9.88. The molecule has 0 saturated carbocycles. The molecule has 0 amide bonds. The Morgan fingerprint density at radius 3 is 2.00 bits per heavy atom. The molecule has 0 bridgehead atoms. The molecule has 0 aliphatic carbocycles. The number of hydrogen-bond acceptors (Lipinski definition) is 1. The van der Waals surface area contributed by atoms with Gasteiger partial charge in [0.15, 0.2) is 0 Å². The lowest BCUT2D eigenvalue weighted by molar-refractivity contribution is 0.477. The first-order valence-corrected chi connectivity index (χ1v) is 5.46. The van der Waals surface area contributed by atoms with Gasteiger partial charge in [-0.05, 0) is 43.5 Å². The average molecular weight is 212 g/mol. The quantitative estimate of drug-likeness (QED) is 0.758. The van der Waals surface area contributed by atoms with E-state index in [1.807, 2.05) is 18.2 Å². The Morgan fingerprint density at radius 2 is 1.44 bits per heavy atom. The van der Waals surface area contributed by atoms with E-state index in [1.54, 1.807) is 6.07 Å². The van der Waals surface area contributed by atoms with Crippen LogP contribution in [0, 0.1) is 20.8 Å². The van der Waals surface area contributed by atoms with Crippen LogP contribution in [0.5, 0.6) is 5.75 Å². The van der Waals surface area contributed by atoms with Crippen LogP contribution >= 0.6 is 0 Å². The zero-order valence-corrected chi connectivity index (χ0v) is 9.91. The Kier molecular flexibility index (Phi) is 2.69. The number of para-hydroxylation sites is 1. The Bertz CT molecular complexity index is 504. The van der Waals surface area contributed by atoms with Crippen molar-refractivity contribution in [1.82, 2.24) is 0 Å². The zero-order valence-electron chi connectivity index (χ0n) is 9.91. The number of aromatic hydroxyl groups is 1. The van der Waals surface area contributed by atoms with Crippen LogP contribution in [0.4, 0.5) is 0 Å². The zero-order chi connectivity index (χ0) is 11.7. The molecule has 0 unspecified atom stereocenters. The highest BCUT2D eigenvalue weighted by Gasteiger charge is 2.09. The highest BCUT2D eigenvalue weighted by Crippen LogP contribution is 2.34. The van der Waals surface area contributed by atoms with Gasteiger partial charge in [-0.2, -0.15) is 0 Å². The largest absolute Gasteiger partial charge is 0.507 e. The van der Waals surface area contributed by atoms with Crippen LogP contribution in [-0.2, 0) is 0 Å². The Labute approximate surface area is 96.4 Å². The topological polar surface area (TPSA) is 20.2 Å². The molecule has 2 rings (SSSR count). The monoisotopic (exact) mass is 212 g/mol. The molecule has 16 heavy (non-hydrogen) atoms. The molecule has 0 aliphatic rings. The van der Waals surface area contributed by atoms with E-state index in [1.165, 1.54) is 16.7 Å². The lowest BCUT2D eigenvalue weighted by atomic mass is 9.93. The first kappa shape index (κ1) is 10.7. The smallest absolute Gasteiger partial charge is 0.123 e. The highest BCUT2D eigenvalue weighted by atomic mass is 16.3. The van der Waals surface area contributed by atoms with Gasteiger partial charge >= 0.3 is 0 Å². The van der Waals surface area contributed by atoms with Crippen LogP contribution in [0.2, 0.25) is 0 Å². The second-order valence-electron chi connectivity index (χ2n) is 4.29. The van der Waals surface area contributed by atoms with Crippen LogP contribution in [0.15, 0.2) is 36.4 Å². The molecule has 1 nitrogen and oxygen atoms in total. The molecule has 0 radical (unpaired) electrons. The summed E-state index contributed by atoms with van der Waals surface area (Å²) in [7, 11) is 0. The third kappa shape index (κ3) is 1.81. The van der Waals surface area contributed by atoms with Crippen molar-refractivity contribution in [1.29, 1.82) is 0 Å². The van der Waals surface area contributed by atoms with E-state index in [9.17, 15) is 5.11 Å². The van der Waals surface area contributed by atoms with Crippen LogP contribution in [-0.4, -0.2) is 5.11 Å². The van der Waals surface area contributed by atoms with Gasteiger partial charge in [0, 0.05) is 5.56 Å². The third-order valence-electron chi connectivity index (χ3n) is 2.85. The Morgan fingerprint density at radius 1 is 0.875 bits per heavy atom. The van der Waals surface area contributed by atoms with Crippen molar-refractivity contribution in [3.05, 3.63) is 53.1 Å². The standard InChI is InChI=1S/C15H16O/c1-10-8-11(2)15(12(3)9-10)13-6-4-5-7-14(13)16/h4-9,16H,1-3H3. The fourth-order valence-electron chi connectivity index (χ4n) is 2.29. The number of benzene rings is 2. The number of phenols is 1. The van der Waals surface area contributed by atoms with E-state index in [0.717, 1.165) is 11.1 Å². The third-order valence-corrected chi connectivity index (χ3v) is 2.85. The first-order valence-electron chi connectivity index (χ1n) is 5.46. The number of phenolic OH excluding ortho intramolecular Hbond substituents is 1. The van der Waals surface area contributed by atoms with Crippen molar-refractivity contribution in [2.45, 2.75) is 20.8 Å². The summed E-state index contributed by atoms with van der Waals surface area (Å²) < 4.78 is 0. The second-order valence-corrected chi connectivity index (χ2v) is 4.29.